The standard InChI is InChI=1S/C15H18ClFN2O3/c16-5-10-22-15(21)19-8-6-18(7-9-19)14(20)11-12-1-3-13(17)4-2-12/h1-4H,5-11H2. The van der Waals surface area contributed by atoms with Crippen LogP contribution in [-0.2, 0) is 16.0 Å². The van der Waals surface area contributed by atoms with Crippen molar-refractivity contribution in [1.29, 1.82) is 0 Å². The molecule has 1 aromatic carbocycles. The van der Waals surface area contributed by atoms with E-state index in [9.17, 15) is 14.0 Å². The molecular weight excluding hydrogens is 311 g/mol. The first-order chi connectivity index (χ1) is 10.6. The maximum absolute atomic E-state index is 12.8. The number of benzene rings is 1. The van der Waals surface area contributed by atoms with Crippen LogP contribution in [0.2, 0.25) is 0 Å². The van der Waals surface area contributed by atoms with Crippen molar-refractivity contribution in [2.75, 3.05) is 38.7 Å². The second kappa shape index (κ2) is 7.98. The zero-order valence-electron chi connectivity index (χ0n) is 12.1. The van der Waals surface area contributed by atoms with E-state index in [-0.39, 0.29) is 30.6 Å². The number of ether oxygens (including phenoxy) is 1. The van der Waals surface area contributed by atoms with E-state index in [2.05, 4.69) is 0 Å². The van der Waals surface area contributed by atoms with Gasteiger partial charge in [-0.3, -0.25) is 4.79 Å². The van der Waals surface area contributed by atoms with Crippen LogP contribution in [0.1, 0.15) is 5.56 Å². The molecule has 1 heterocycles. The fourth-order valence-electron chi connectivity index (χ4n) is 2.24. The summed E-state index contributed by atoms with van der Waals surface area (Å²) in [6.07, 6.45) is -0.164. The van der Waals surface area contributed by atoms with Crippen molar-refractivity contribution in [2.24, 2.45) is 0 Å². The predicted octanol–water partition coefficient (Wildman–Crippen LogP) is 1.89. The molecular formula is C15H18ClFN2O3. The van der Waals surface area contributed by atoms with Gasteiger partial charge in [0.25, 0.3) is 0 Å². The summed E-state index contributed by atoms with van der Waals surface area (Å²) in [6.45, 7) is 2.00. The van der Waals surface area contributed by atoms with Gasteiger partial charge in [0, 0.05) is 26.2 Å². The van der Waals surface area contributed by atoms with Crippen LogP contribution in [0.4, 0.5) is 9.18 Å². The molecule has 1 aliphatic rings. The Morgan fingerprint density at radius 2 is 1.68 bits per heavy atom. The monoisotopic (exact) mass is 328 g/mol. The van der Waals surface area contributed by atoms with Gasteiger partial charge in [0.05, 0.1) is 12.3 Å². The number of halogens is 2. The summed E-state index contributed by atoms with van der Waals surface area (Å²) in [4.78, 5) is 27.1. The van der Waals surface area contributed by atoms with Gasteiger partial charge in [-0.15, -0.1) is 11.6 Å². The molecule has 1 saturated heterocycles. The lowest BCUT2D eigenvalue weighted by atomic mass is 10.1. The Labute approximate surface area is 133 Å². The smallest absolute Gasteiger partial charge is 0.409 e. The van der Waals surface area contributed by atoms with Crippen LogP contribution in [0.25, 0.3) is 0 Å². The molecule has 0 atom stereocenters. The lowest BCUT2D eigenvalue weighted by molar-refractivity contribution is -0.132. The zero-order chi connectivity index (χ0) is 15.9. The van der Waals surface area contributed by atoms with E-state index >= 15 is 0 Å². The zero-order valence-corrected chi connectivity index (χ0v) is 12.9. The Hall–Kier alpha value is -1.82. The molecule has 0 aliphatic carbocycles. The van der Waals surface area contributed by atoms with E-state index in [0.29, 0.717) is 26.2 Å². The van der Waals surface area contributed by atoms with E-state index in [1.54, 1.807) is 21.9 Å². The summed E-state index contributed by atoms with van der Waals surface area (Å²) < 4.78 is 17.8. The predicted molar refractivity (Wildman–Crippen MR) is 80.3 cm³/mol. The van der Waals surface area contributed by atoms with Crippen LogP contribution in [0, 0.1) is 5.82 Å². The van der Waals surface area contributed by atoms with Gasteiger partial charge in [0.2, 0.25) is 5.91 Å². The fraction of sp³-hybridized carbons (Fsp3) is 0.467. The summed E-state index contributed by atoms with van der Waals surface area (Å²) >= 11 is 5.46. The molecule has 0 N–H and O–H groups in total. The van der Waals surface area contributed by atoms with Gasteiger partial charge in [-0.05, 0) is 17.7 Å². The van der Waals surface area contributed by atoms with Crippen molar-refractivity contribution < 1.29 is 18.7 Å². The van der Waals surface area contributed by atoms with Crippen molar-refractivity contribution in [3.63, 3.8) is 0 Å². The van der Waals surface area contributed by atoms with E-state index in [1.165, 1.54) is 12.1 Å². The van der Waals surface area contributed by atoms with E-state index < -0.39 is 6.09 Å². The van der Waals surface area contributed by atoms with Crippen LogP contribution in [0.3, 0.4) is 0 Å². The molecule has 0 spiro atoms. The number of carbonyl (C=O) groups excluding carboxylic acids is 2. The van der Waals surface area contributed by atoms with Gasteiger partial charge >= 0.3 is 6.09 Å². The minimum atomic E-state index is -0.397. The first-order valence-electron chi connectivity index (χ1n) is 7.10. The molecule has 5 nitrogen and oxygen atoms in total. The molecule has 7 heteroatoms. The topological polar surface area (TPSA) is 49.9 Å². The maximum Gasteiger partial charge on any atom is 0.409 e. The molecule has 0 aromatic heterocycles. The lowest BCUT2D eigenvalue weighted by Gasteiger charge is -2.34. The number of alkyl halides is 1. The quantitative estimate of drug-likeness (QED) is 0.793. The highest BCUT2D eigenvalue weighted by atomic mass is 35.5. The average molecular weight is 329 g/mol. The first-order valence-corrected chi connectivity index (χ1v) is 7.63. The maximum atomic E-state index is 12.8. The highest BCUT2D eigenvalue weighted by Gasteiger charge is 2.24. The molecule has 2 amide bonds. The van der Waals surface area contributed by atoms with Gasteiger partial charge in [-0.1, -0.05) is 12.1 Å². The summed E-state index contributed by atoms with van der Waals surface area (Å²) in [6, 6.07) is 5.89. The van der Waals surface area contributed by atoms with Gasteiger partial charge in [0.15, 0.2) is 0 Å². The SMILES string of the molecule is O=C(Cc1ccc(F)cc1)N1CCN(C(=O)OCCCl)CC1. The number of carbonyl (C=O) groups is 2. The van der Waals surface area contributed by atoms with Crippen LogP contribution in [0.15, 0.2) is 24.3 Å². The summed E-state index contributed by atoms with van der Waals surface area (Å²) in [7, 11) is 0. The normalized spacial score (nSPS) is 14.8. The fourth-order valence-corrected chi connectivity index (χ4v) is 2.32. The first kappa shape index (κ1) is 16.5. The van der Waals surface area contributed by atoms with Crippen LogP contribution in [-0.4, -0.2) is 60.5 Å². The number of hydrogen-bond acceptors (Lipinski definition) is 3. The average Bonchev–Trinajstić information content (AvgIpc) is 2.55. The number of rotatable bonds is 4. The van der Waals surface area contributed by atoms with Crippen molar-refractivity contribution >= 4 is 23.6 Å². The van der Waals surface area contributed by atoms with Crippen LogP contribution in [0.5, 0.6) is 0 Å². The molecule has 1 fully saturated rings. The van der Waals surface area contributed by atoms with Gasteiger partial charge in [-0.25, -0.2) is 9.18 Å². The lowest BCUT2D eigenvalue weighted by Crippen LogP contribution is -2.51. The van der Waals surface area contributed by atoms with Crippen molar-refractivity contribution in [1.82, 2.24) is 9.80 Å². The second-order valence-electron chi connectivity index (χ2n) is 4.97. The highest BCUT2D eigenvalue weighted by Crippen LogP contribution is 2.09. The number of piperazine rings is 1. The molecule has 1 aromatic rings. The largest absolute Gasteiger partial charge is 0.448 e. The molecule has 120 valence electrons. The van der Waals surface area contributed by atoms with Crippen molar-refractivity contribution in [2.45, 2.75) is 6.42 Å². The van der Waals surface area contributed by atoms with Gasteiger partial charge in [0.1, 0.15) is 12.4 Å². The third-order valence-corrected chi connectivity index (χ3v) is 3.62. The Balaban J connectivity index is 1.79. The molecule has 2 rings (SSSR count). The molecule has 0 bridgehead atoms. The van der Waals surface area contributed by atoms with Crippen molar-refractivity contribution in [3.05, 3.63) is 35.6 Å². The van der Waals surface area contributed by atoms with Gasteiger partial charge < -0.3 is 14.5 Å². The molecule has 0 unspecified atom stereocenters. The Morgan fingerprint density at radius 3 is 2.27 bits per heavy atom. The molecule has 1 aliphatic heterocycles. The van der Waals surface area contributed by atoms with Gasteiger partial charge in [-0.2, -0.15) is 0 Å². The third kappa shape index (κ3) is 4.59. The van der Waals surface area contributed by atoms with E-state index in [1.807, 2.05) is 0 Å². The Kier molecular flexibility index (Phi) is 6.00. The second-order valence-corrected chi connectivity index (χ2v) is 5.35. The van der Waals surface area contributed by atoms with E-state index in [0.717, 1.165) is 5.56 Å². The van der Waals surface area contributed by atoms with E-state index in [4.69, 9.17) is 16.3 Å². The minimum absolute atomic E-state index is 0.0274. The number of amides is 2. The third-order valence-electron chi connectivity index (χ3n) is 3.46. The summed E-state index contributed by atoms with van der Waals surface area (Å²) in [5.74, 6) is -0.0809. The van der Waals surface area contributed by atoms with Crippen molar-refractivity contribution in [3.8, 4) is 0 Å². The molecule has 0 radical (unpaired) electrons. The highest BCUT2D eigenvalue weighted by molar-refractivity contribution is 6.18. The summed E-state index contributed by atoms with van der Waals surface area (Å²) in [5, 5.41) is 0. The van der Waals surface area contributed by atoms with Crippen LogP contribution < -0.4 is 0 Å². The molecule has 22 heavy (non-hydrogen) atoms. The van der Waals surface area contributed by atoms with Crippen LogP contribution >= 0.6 is 11.6 Å². The Bertz CT molecular complexity index is 516. The number of hydrogen-bond donors (Lipinski definition) is 0. The summed E-state index contributed by atoms with van der Waals surface area (Å²) in [5.41, 5.74) is 0.773. The minimum Gasteiger partial charge on any atom is -0.448 e. The Morgan fingerprint density at radius 1 is 1.09 bits per heavy atom. The number of nitrogens with zero attached hydrogens (tertiary/aromatic N) is 2. The molecule has 0 saturated carbocycles.